The van der Waals surface area contributed by atoms with Crippen LogP contribution in [0.15, 0.2) is 4.52 Å². The Morgan fingerprint density at radius 2 is 1.80 bits per heavy atom. The lowest BCUT2D eigenvalue weighted by Gasteiger charge is -2.48. The molecule has 0 aromatic carbocycles. The molecule has 7 heteroatoms. The van der Waals surface area contributed by atoms with Gasteiger partial charge in [0.15, 0.2) is 5.82 Å². The van der Waals surface area contributed by atoms with Crippen molar-refractivity contribution >= 4 is 11.9 Å². The summed E-state index contributed by atoms with van der Waals surface area (Å²) >= 11 is 0. The molecule has 0 N–H and O–H groups in total. The third-order valence-electron chi connectivity index (χ3n) is 8.42. The summed E-state index contributed by atoms with van der Waals surface area (Å²) in [6, 6.07) is 2.85. The van der Waals surface area contributed by atoms with E-state index in [9.17, 15) is 4.79 Å². The predicted octanol–water partition coefficient (Wildman–Crippen LogP) is 3.38. The Bertz CT molecular complexity index is 753. The predicted molar refractivity (Wildman–Crippen MR) is 115 cm³/mol. The van der Waals surface area contributed by atoms with Crippen molar-refractivity contribution in [1.29, 1.82) is 0 Å². The lowest BCUT2D eigenvalue weighted by Crippen LogP contribution is -2.55. The zero-order valence-electron chi connectivity index (χ0n) is 18.8. The average Bonchev–Trinajstić information content (AvgIpc) is 3.24. The number of hydrogen-bond acceptors (Lipinski definition) is 6. The topological polar surface area (TPSA) is 65.7 Å². The maximum absolute atomic E-state index is 12.4. The van der Waals surface area contributed by atoms with Crippen molar-refractivity contribution < 1.29 is 9.32 Å². The van der Waals surface area contributed by atoms with Crippen LogP contribution in [0.5, 0.6) is 0 Å². The number of fused-ring (bicyclic) bond motifs is 2. The molecule has 1 aromatic rings. The summed E-state index contributed by atoms with van der Waals surface area (Å²) in [4.78, 5) is 24.2. The highest BCUT2D eigenvalue weighted by molar-refractivity contribution is 5.73. The van der Waals surface area contributed by atoms with Crippen LogP contribution in [0.1, 0.15) is 77.5 Å². The fourth-order valence-electron chi connectivity index (χ4n) is 6.56. The molecule has 1 amide bonds. The molecule has 4 aliphatic rings. The summed E-state index contributed by atoms with van der Waals surface area (Å²) in [7, 11) is 0. The number of rotatable bonds is 5. The third-order valence-corrected chi connectivity index (χ3v) is 8.42. The van der Waals surface area contributed by atoms with Crippen LogP contribution in [0, 0.1) is 12.3 Å². The largest absolute Gasteiger partial charge is 0.339 e. The number of carbonyl (C=O) groups is 1. The van der Waals surface area contributed by atoms with Gasteiger partial charge in [-0.1, -0.05) is 18.5 Å². The van der Waals surface area contributed by atoms with Crippen LogP contribution >= 0.6 is 0 Å². The third kappa shape index (κ3) is 3.74. The van der Waals surface area contributed by atoms with E-state index in [1.165, 1.54) is 44.9 Å². The number of anilines is 1. The van der Waals surface area contributed by atoms with Crippen LogP contribution in [0.25, 0.3) is 0 Å². The van der Waals surface area contributed by atoms with Crippen LogP contribution in [-0.4, -0.2) is 69.6 Å². The molecule has 5 rings (SSSR count). The van der Waals surface area contributed by atoms with Crippen molar-refractivity contribution in [2.24, 2.45) is 5.41 Å². The molecule has 1 aliphatic carbocycles. The van der Waals surface area contributed by atoms with Gasteiger partial charge in [-0.15, -0.1) is 0 Å². The zero-order chi connectivity index (χ0) is 20.9. The number of likely N-dealkylation sites (tertiary alicyclic amines) is 1. The van der Waals surface area contributed by atoms with Crippen LogP contribution in [0.4, 0.5) is 6.01 Å². The molecule has 4 heterocycles. The number of aryl methyl sites for hydroxylation is 1. The SMILES string of the molecule is CC(=O)N(CC1(C)CCC1)C1CCN(C2CC3CCC(C2)N3c2nc(C)no2)CC1. The first-order chi connectivity index (χ1) is 14.4. The molecule has 166 valence electrons. The first-order valence-corrected chi connectivity index (χ1v) is 12.0. The van der Waals surface area contributed by atoms with Gasteiger partial charge in [-0.2, -0.15) is 4.98 Å². The Hall–Kier alpha value is -1.63. The molecule has 2 atom stereocenters. The Labute approximate surface area is 180 Å². The summed E-state index contributed by atoms with van der Waals surface area (Å²) < 4.78 is 5.50. The fraction of sp³-hybridized carbons (Fsp3) is 0.870. The number of hydrogen-bond donors (Lipinski definition) is 0. The molecule has 2 bridgehead atoms. The van der Waals surface area contributed by atoms with Crippen molar-refractivity contribution in [1.82, 2.24) is 19.9 Å². The van der Waals surface area contributed by atoms with Gasteiger partial charge in [-0.05, 0) is 63.7 Å². The van der Waals surface area contributed by atoms with Gasteiger partial charge in [-0.3, -0.25) is 4.79 Å². The van der Waals surface area contributed by atoms with E-state index < -0.39 is 0 Å². The molecule has 3 aliphatic heterocycles. The van der Waals surface area contributed by atoms with Gasteiger partial charge in [-0.25, -0.2) is 0 Å². The van der Waals surface area contributed by atoms with Crippen LogP contribution in [0.3, 0.4) is 0 Å². The van der Waals surface area contributed by atoms with E-state index in [-0.39, 0.29) is 5.91 Å². The second-order valence-electron chi connectivity index (χ2n) is 10.6. The smallest absolute Gasteiger partial charge is 0.324 e. The first kappa shape index (κ1) is 20.3. The minimum absolute atomic E-state index is 0.266. The van der Waals surface area contributed by atoms with Gasteiger partial charge in [0, 0.05) is 50.7 Å². The highest BCUT2D eigenvalue weighted by atomic mass is 16.5. The Morgan fingerprint density at radius 1 is 1.13 bits per heavy atom. The molecule has 30 heavy (non-hydrogen) atoms. The molecule has 0 spiro atoms. The molecule has 2 unspecified atom stereocenters. The number of nitrogens with zero attached hydrogens (tertiary/aromatic N) is 5. The van der Waals surface area contributed by atoms with Crippen molar-refractivity contribution in [2.75, 3.05) is 24.5 Å². The van der Waals surface area contributed by atoms with E-state index in [0.717, 1.165) is 44.3 Å². The second kappa shape index (κ2) is 7.81. The van der Waals surface area contributed by atoms with E-state index in [1.54, 1.807) is 6.92 Å². The monoisotopic (exact) mass is 415 g/mol. The van der Waals surface area contributed by atoms with Gasteiger partial charge < -0.3 is 19.2 Å². The van der Waals surface area contributed by atoms with Gasteiger partial charge in [0.05, 0.1) is 0 Å². The highest BCUT2D eigenvalue weighted by Gasteiger charge is 2.45. The molecule has 0 radical (unpaired) electrons. The minimum atomic E-state index is 0.266. The van der Waals surface area contributed by atoms with Crippen molar-refractivity contribution in [3.63, 3.8) is 0 Å². The highest BCUT2D eigenvalue weighted by Crippen LogP contribution is 2.43. The van der Waals surface area contributed by atoms with Crippen LogP contribution < -0.4 is 4.90 Å². The van der Waals surface area contributed by atoms with E-state index in [4.69, 9.17) is 4.52 Å². The molecule has 3 saturated heterocycles. The molecule has 4 fully saturated rings. The number of piperidine rings is 2. The molecule has 1 aromatic heterocycles. The van der Waals surface area contributed by atoms with E-state index in [1.807, 2.05) is 6.92 Å². The number of carbonyl (C=O) groups excluding carboxylic acids is 1. The number of aromatic nitrogens is 2. The Balaban J connectivity index is 1.18. The summed E-state index contributed by atoms with van der Waals surface area (Å²) in [6.07, 6.45) is 11.0. The Morgan fingerprint density at radius 3 is 2.30 bits per heavy atom. The summed E-state index contributed by atoms with van der Waals surface area (Å²) in [6.45, 7) is 9.21. The maximum Gasteiger partial charge on any atom is 0.324 e. The van der Waals surface area contributed by atoms with Crippen LogP contribution in [0.2, 0.25) is 0 Å². The lowest BCUT2D eigenvalue weighted by molar-refractivity contribution is -0.135. The Kier molecular flexibility index (Phi) is 5.28. The van der Waals surface area contributed by atoms with Crippen molar-refractivity contribution in [3.8, 4) is 0 Å². The van der Waals surface area contributed by atoms with E-state index >= 15 is 0 Å². The minimum Gasteiger partial charge on any atom is -0.339 e. The fourth-order valence-corrected chi connectivity index (χ4v) is 6.56. The second-order valence-corrected chi connectivity index (χ2v) is 10.6. The van der Waals surface area contributed by atoms with Gasteiger partial charge in [0.2, 0.25) is 5.91 Å². The number of amides is 1. The summed E-state index contributed by atoms with van der Waals surface area (Å²) in [5.41, 5.74) is 0.363. The van der Waals surface area contributed by atoms with Crippen molar-refractivity contribution in [3.05, 3.63) is 5.82 Å². The average molecular weight is 416 g/mol. The molecule has 7 nitrogen and oxygen atoms in total. The summed E-state index contributed by atoms with van der Waals surface area (Å²) in [5, 5.41) is 4.00. The quantitative estimate of drug-likeness (QED) is 0.735. The first-order valence-electron chi connectivity index (χ1n) is 12.0. The van der Waals surface area contributed by atoms with E-state index in [2.05, 4.69) is 31.8 Å². The normalized spacial score (nSPS) is 31.6. The molecular formula is C23H37N5O2. The van der Waals surface area contributed by atoms with Gasteiger partial charge >= 0.3 is 6.01 Å². The van der Waals surface area contributed by atoms with E-state index in [0.29, 0.717) is 29.6 Å². The van der Waals surface area contributed by atoms with Crippen LogP contribution in [-0.2, 0) is 4.79 Å². The molecular weight excluding hydrogens is 378 g/mol. The maximum atomic E-state index is 12.4. The van der Waals surface area contributed by atoms with Gasteiger partial charge in [0.25, 0.3) is 0 Å². The molecule has 1 saturated carbocycles. The zero-order valence-corrected chi connectivity index (χ0v) is 18.8. The summed E-state index contributed by atoms with van der Waals surface area (Å²) in [5.74, 6) is 0.988. The van der Waals surface area contributed by atoms with Crippen molar-refractivity contribution in [2.45, 2.75) is 103 Å². The standard InChI is InChI=1S/C23H37N5O2/c1-16-24-22(30-25-16)28-19-5-6-20(28)14-21(13-19)26-11-7-18(8-12-26)27(17(2)29)15-23(3)9-4-10-23/h18-21H,4-15H2,1-3H3. The lowest BCUT2D eigenvalue weighted by atomic mass is 9.70. The van der Waals surface area contributed by atoms with Gasteiger partial charge in [0.1, 0.15) is 0 Å².